The monoisotopic (exact) mass is 360 g/mol. The number of nitrogens with zero attached hydrogens (tertiary/aromatic N) is 1. The minimum Gasteiger partial charge on any atom is -0.397 e. The van der Waals surface area contributed by atoms with Crippen LogP contribution < -0.4 is 5.73 Å². The minimum absolute atomic E-state index is 0.762. The molecule has 28 heavy (non-hydrogen) atoms. The summed E-state index contributed by atoms with van der Waals surface area (Å²) in [7, 11) is 0. The van der Waals surface area contributed by atoms with Gasteiger partial charge in [0.2, 0.25) is 0 Å². The first-order valence-corrected chi connectivity index (χ1v) is 9.44. The predicted molar refractivity (Wildman–Crippen MR) is 119 cm³/mol. The highest BCUT2D eigenvalue weighted by molar-refractivity contribution is 6.12. The van der Waals surface area contributed by atoms with Gasteiger partial charge in [-0.15, -0.1) is 0 Å². The Balaban J connectivity index is 1.95. The average Bonchev–Trinajstić information content (AvgIpc) is 3.10. The van der Waals surface area contributed by atoms with E-state index in [2.05, 4.69) is 89.5 Å². The smallest absolute Gasteiger partial charge is 0.0770 e. The molecule has 0 atom stereocenters. The lowest BCUT2D eigenvalue weighted by Crippen LogP contribution is -2.08. The normalized spacial score (nSPS) is 12.3. The zero-order valence-corrected chi connectivity index (χ0v) is 15.4. The van der Waals surface area contributed by atoms with Crippen molar-refractivity contribution in [1.82, 2.24) is 4.57 Å². The van der Waals surface area contributed by atoms with Crippen LogP contribution in [0.15, 0.2) is 109 Å². The van der Waals surface area contributed by atoms with Gasteiger partial charge in [0.05, 0.1) is 22.4 Å². The molecule has 0 aliphatic rings. The summed E-state index contributed by atoms with van der Waals surface area (Å²) in [6.45, 7) is 0. The molecule has 1 heterocycles. The first-order chi connectivity index (χ1) is 13.8. The topological polar surface area (TPSA) is 30.9 Å². The molecule has 2 heteroatoms. The van der Waals surface area contributed by atoms with Gasteiger partial charge in [0.15, 0.2) is 0 Å². The maximum absolute atomic E-state index is 6.80. The zero-order chi connectivity index (χ0) is 18.9. The van der Waals surface area contributed by atoms with Crippen LogP contribution in [0.5, 0.6) is 0 Å². The van der Waals surface area contributed by atoms with E-state index >= 15 is 0 Å². The maximum Gasteiger partial charge on any atom is 0.0770 e. The Hall–Kier alpha value is -3.78. The van der Waals surface area contributed by atoms with E-state index in [1.165, 1.54) is 10.8 Å². The Bertz CT molecular complexity index is 1240. The van der Waals surface area contributed by atoms with Crippen LogP contribution in [0, 0.1) is 0 Å². The molecule has 0 unspecified atom stereocenters. The van der Waals surface area contributed by atoms with Crippen LogP contribution in [-0.4, -0.2) is 4.57 Å². The zero-order valence-electron chi connectivity index (χ0n) is 15.4. The van der Waals surface area contributed by atoms with Gasteiger partial charge in [-0.2, -0.15) is 0 Å². The minimum atomic E-state index is 0.762. The molecule has 0 saturated carbocycles. The van der Waals surface area contributed by atoms with Crippen molar-refractivity contribution in [2.75, 3.05) is 0 Å². The van der Waals surface area contributed by atoms with Gasteiger partial charge in [-0.05, 0) is 17.7 Å². The second-order valence-electron chi connectivity index (χ2n) is 6.86. The summed E-state index contributed by atoms with van der Waals surface area (Å²) in [6.07, 6.45) is 0. The first kappa shape index (κ1) is 16.4. The molecule has 0 saturated heterocycles. The van der Waals surface area contributed by atoms with Gasteiger partial charge in [-0.25, -0.2) is 0 Å². The van der Waals surface area contributed by atoms with E-state index in [1.54, 1.807) is 0 Å². The number of aromatic nitrogens is 1. The summed E-state index contributed by atoms with van der Waals surface area (Å²) in [4.78, 5) is 0. The summed E-state index contributed by atoms with van der Waals surface area (Å²) in [5.74, 6) is 0. The van der Waals surface area contributed by atoms with Crippen LogP contribution >= 0.6 is 0 Å². The molecule has 4 aromatic carbocycles. The number of nitrogens with two attached hydrogens (primary N) is 1. The van der Waals surface area contributed by atoms with Crippen LogP contribution in [0.4, 0.5) is 0 Å². The fourth-order valence-electron chi connectivity index (χ4n) is 3.92. The second kappa shape index (κ2) is 6.75. The van der Waals surface area contributed by atoms with Crippen molar-refractivity contribution < 1.29 is 0 Å². The van der Waals surface area contributed by atoms with E-state index in [9.17, 15) is 0 Å². The Morgan fingerprint density at radius 3 is 1.46 bits per heavy atom. The van der Waals surface area contributed by atoms with Crippen molar-refractivity contribution in [3.05, 3.63) is 120 Å². The van der Waals surface area contributed by atoms with Crippen LogP contribution in [0.1, 0.15) is 11.1 Å². The highest BCUT2D eigenvalue weighted by Gasteiger charge is 2.17. The quantitative estimate of drug-likeness (QED) is 0.386. The van der Waals surface area contributed by atoms with E-state index in [-0.39, 0.29) is 0 Å². The fraction of sp³-hybridized carbons (Fsp3) is 0. The number of rotatable bonds is 3. The third-order valence-electron chi connectivity index (χ3n) is 5.19. The largest absolute Gasteiger partial charge is 0.397 e. The number of benzene rings is 4. The molecule has 0 amide bonds. The van der Waals surface area contributed by atoms with E-state index in [0.717, 1.165) is 33.6 Å². The molecule has 134 valence electrons. The van der Waals surface area contributed by atoms with Gasteiger partial charge in [0, 0.05) is 16.3 Å². The van der Waals surface area contributed by atoms with Crippen molar-refractivity contribution in [3.8, 4) is 0 Å². The molecule has 5 rings (SSSR count). The third kappa shape index (κ3) is 2.58. The fourth-order valence-corrected chi connectivity index (χ4v) is 3.92. The lowest BCUT2D eigenvalue weighted by Gasteiger charge is -2.17. The molecular formula is C26H20N2. The van der Waals surface area contributed by atoms with Crippen molar-refractivity contribution in [1.29, 1.82) is 0 Å². The highest BCUT2D eigenvalue weighted by atomic mass is 15.0. The second-order valence-corrected chi connectivity index (χ2v) is 6.86. The Labute approximate surface area is 164 Å². The molecule has 2 N–H and O–H groups in total. The third-order valence-corrected chi connectivity index (χ3v) is 5.19. The Morgan fingerprint density at radius 1 is 0.500 bits per heavy atom. The van der Waals surface area contributed by atoms with Gasteiger partial charge in [0.25, 0.3) is 0 Å². The molecule has 0 aliphatic carbocycles. The molecule has 0 spiro atoms. The summed E-state index contributed by atoms with van der Waals surface area (Å²) < 4.78 is 2.29. The van der Waals surface area contributed by atoms with Crippen molar-refractivity contribution in [2.24, 2.45) is 5.73 Å². The van der Waals surface area contributed by atoms with Crippen LogP contribution in [-0.2, 0) is 0 Å². The molecule has 0 fully saturated rings. The SMILES string of the molecule is N/C(=C(\c1ccccc1)n1c2ccccc2c2ccccc21)c1ccccc1. The van der Waals surface area contributed by atoms with Crippen LogP contribution in [0.3, 0.4) is 0 Å². The Kier molecular flexibility index (Phi) is 3.95. The van der Waals surface area contributed by atoms with E-state index < -0.39 is 0 Å². The summed E-state index contributed by atoms with van der Waals surface area (Å²) in [5.41, 5.74) is 13.0. The number of fused-ring (bicyclic) bond motifs is 3. The molecule has 2 nitrogen and oxygen atoms in total. The van der Waals surface area contributed by atoms with E-state index in [4.69, 9.17) is 5.73 Å². The van der Waals surface area contributed by atoms with Crippen molar-refractivity contribution in [2.45, 2.75) is 0 Å². The molecular weight excluding hydrogens is 340 g/mol. The lowest BCUT2D eigenvalue weighted by atomic mass is 10.0. The number of hydrogen-bond acceptors (Lipinski definition) is 1. The lowest BCUT2D eigenvalue weighted by molar-refractivity contribution is 1.21. The van der Waals surface area contributed by atoms with Gasteiger partial charge in [-0.3, -0.25) is 0 Å². The molecule has 1 aromatic heterocycles. The molecule has 0 radical (unpaired) electrons. The summed E-state index contributed by atoms with van der Waals surface area (Å²) >= 11 is 0. The van der Waals surface area contributed by atoms with Crippen molar-refractivity contribution in [3.63, 3.8) is 0 Å². The standard InChI is InChI=1S/C26H20N2/c27-25(19-11-3-1-4-12-19)26(20-13-5-2-6-14-20)28-23-17-9-7-15-21(23)22-16-8-10-18-24(22)28/h1-18H,27H2/b26-25+. The van der Waals surface area contributed by atoms with Gasteiger partial charge in [0.1, 0.15) is 0 Å². The number of para-hydroxylation sites is 2. The molecule has 0 aliphatic heterocycles. The summed E-state index contributed by atoms with van der Waals surface area (Å²) in [6, 6.07) is 37.6. The molecule has 0 bridgehead atoms. The average molecular weight is 360 g/mol. The van der Waals surface area contributed by atoms with Crippen LogP contribution in [0.25, 0.3) is 33.2 Å². The van der Waals surface area contributed by atoms with E-state index in [1.807, 2.05) is 24.3 Å². The predicted octanol–water partition coefficient (Wildman–Crippen LogP) is 6.13. The maximum atomic E-state index is 6.80. The van der Waals surface area contributed by atoms with Gasteiger partial charge in [-0.1, -0.05) is 97.1 Å². The van der Waals surface area contributed by atoms with Gasteiger partial charge >= 0.3 is 0 Å². The first-order valence-electron chi connectivity index (χ1n) is 9.44. The molecule has 5 aromatic rings. The van der Waals surface area contributed by atoms with E-state index in [0.29, 0.717) is 0 Å². The number of hydrogen-bond donors (Lipinski definition) is 1. The Morgan fingerprint density at radius 2 is 0.929 bits per heavy atom. The van der Waals surface area contributed by atoms with Gasteiger partial charge < -0.3 is 10.3 Å². The van der Waals surface area contributed by atoms with Crippen LogP contribution in [0.2, 0.25) is 0 Å². The van der Waals surface area contributed by atoms with Crippen molar-refractivity contribution >= 4 is 33.2 Å². The highest BCUT2D eigenvalue weighted by Crippen LogP contribution is 2.35. The summed E-state index contributed by atoms with van der Waals surface area (Å²) in [5, 5.41) is 2.46.